The number of nitro benzene ring substituents is 1. The molecule has 1 N–H and O–H groups in total. The first-order valence-corrected chi connectivity index (χ1v) is 4.32. The molecule has 7 nitrogen and oxygen atoms in total. The monoisotopic (exact) mass is 261 g/mol. The van der Waals surface area contributed by atoms with Crippen LogP contribution in [0.15, 0.2) is 12.1 Å². The molecule has 0 spiro atoms. The highest BCUT2D eigenvalue weighted by atomic mass is 19.3. The molecule has 0 heterocycles. The molecule has 0 aliphatic heterocycles. The zero-order valence-electron chi connectivity index (χ0n) is 8.50. The molecule has 0 radical (unpaired) electrons. The van der Waals surface area contributed by atoms with E-state index in [-0.39, 0.29) is 6.29 Å². The van der Waals surface area contributed by atoms with Gasteiger partial charge in [0, 0.05) is 0 Å². The summed E-state index contributed by atoms with van der Waals surface area (Å²) in [5.41, 5.74) is -2.41. The Morgan fingerprint density at radius 2 is 2.11 bits per heavy atom. The normalized spacial score (nSPS) is 10.2. The van der Waals surface area contributed by atoms with E-state index in [1.165, 1.54) is 0 Å². The highest BCUT2D eigenvalue weighted by Gasteiger charge is 2.24. The molecular weight excluding hydrogens is 256 g/mol. The summed E-state index contributed by atoms with van der Waals surface area (Å²) in [5.74, 6) is -2.38. The number of aldehydes is 1. The predicted octanol–water partition coefficient (Wildman–Crippen LogP) is 1.71. The van der Waals surface area contributed by atoms with Gasteiger partial charge in [0.1, 0.15) is 11.3 Å². The molecule has 0 amide bonds. The van der Waals surface area contributed by atoms with Crippen molar-refractivity contribution in [1.82, 2.24) is 0 Å². The van der Waals surface area contributed by atoms with E-state index in [0.717, 1.165) is 0 Å². The van der Waals surface area contributed by atoms with Crippen LogP contribution in [-0.2, 0) is 0 Å². The second-order valence-corrected chi connectivity index (χ2v) is 2.96. The number of nitro groups is 1. The maximum atomic E-state index is 12.0. The van der Waals surface area contributed by atoms with Crippen molar-refractivity contribution < 1.29 is 33.1 Å². The minimum atomic E-state index is -3.27. The van der Waals surface area contributed by atoms with Gasteiger partial charge in [-0.1, -0.05) is 0 Å². The van der Waals surface area contributed by atoms with Gasteiger partial charge >= 0.3 is 12.6 Å². The van der Waals surface area contributed by atoms with Gasteiger partial charge in [-0.15, -0.1) is 0 Å². The molecule has 0 aliphatic carbocycles. The molecule has 0 bridgehead atoms. The van der Waals surface area contributed by atoms with E-state index < -0.39 is 40.1 Å². The standard InChI is InChI=1S/C9H5F2NO6/c10-9(11)18-4-1-5(8(14)15)6(3-13)7(2-4)12(16)17/h1-3,9H,(H,14,15). The van der Waals surface area contributed by atoms with E-state index >= 15 is 0 Å². The lowest BCUT2D eigenvalue weighted by Crippen LogP contribution is -2.09. The van der Waals surface area contributed by atoms with Crippen LogP contribution in [0.2, 0.25) is 0 Å². The Balaban J connectivity index is 3.48. The Morgan fingerprint density at radius 1 is 1.50 bits per heavy atom. The van der Waals surface area contributed by atoms with Crippen molar-refractivity contribution in [3.05, 3.63) is 33.4 Å². The number of aromatic carboxylic acids is 1. The summed E-state index contributed by atoms with van der Waals surface area (Å²) < 4.78 is 27.8. The van der Waals surface area contributed by atoms with Crippen LogP contribution in [0.25, 0.3) is 0 Å². The molecule has 0 aromatic heterocycles. The van der Waals surface area contributed by atoms with Gasteiger partial charge in [-0.2, -0.15) is 8.78 Å². The molecule has 1 rings (SSSR count). The summed E-state index contributed by atoms with van der Waals surface area (Å²) in [7, 11) is 0. The van der Waals surface area contributed by atoms with E-state index in [1.807, 2.05) is 0 Å². The van der Waals surface area contributed by atoms with Crippen LogP contribution < -0.4 is 4.74 Å². The number of alkyl halides is 2. The number of benzene rings is 1. The van der Waals surface area contributed by atoms with Crippen LogP contribution in [0.3, 0.4) is 0 Å². The van der Waals surface area contributed by atoms with Crippen LogP contribution >= 0.6 is 0 Å². The van der Waals surface area contributed by atoms with Crippen molar-refractivity contribution in [3.8, 4) is 5.75 Å². The molecule has 0 saturated heterocycles. The quantitative estimate of drug-likeness (QED) is 0.491. The van der Waals surface area contributed by atoms with Gasteiger partial charge in [0.15, 0.2) is 6.29 Å². The van der Waals surface area contributed by atoms with E-state index in [9.17, 15) is 28.5 Å². The molecule has 18 heavy (non-hydrogen) atoms. The van der Waals surface area contributed by atoms with E-state index in [4.69, 9.17) is 5.11 Å². The van der Waals surface area contributed by atoms with Gasteiger partial charge in [-0.25, -0.2) is 4.79 Å². The zero-order chi connectivity index (χ0) is 13.9. The second-order valence-electron chi connectivity index (χ2n) is 2.96. The van der Waals surface area contributed by atoms with Crippen molar-refractivity contribution in [2.24, 2.45) is 0 Å². The number of carboxylic acids is 1. The number of carbonyl (C=O) groups is 2. The fourth-order valence-electron chi connectivity index (χ4n) is 1.23. The minimum absolute atomic E-state index is 0.0340. The number of hydrogen-bond donors (Lipinski definition) is 1. The van der Waals surface area contributed by atoms with Crippen LogP contribution in [0.4, 0.5) is 14.5 Å². The Hall–Kier alpha value is -2.58. The predicted molar refractivity (Wildman–Crippen MR) is 52.1 cm³/mol. The molecule has 0 unspecified atom stereocenters. The van der Waals surface area contributed by atoms with Crippen LogP contribution in [0, 0.1) is 10.1 Å². The molecule has 1 aromatic rings. The number of ether oxygens (including phenoxy) is 1. The van der Waals surface area contributed by atoms with Crippen LogP contribution in [-0.4, -0.2) is 28.9 Å². The van der Waals surface area contributed by atoms with Gasteiger partial charge in [-0.3, -0.25) is 14.9 Å². The highest BCUT2D eigenvalue weighted by Crippen LogP contribution is 2.28. The third-order valence-corrected chi connectivity index (χ3v) is 1.90. The lowest BCUT2D eigenvalue weighted by molar-refractivity contribution is -0.385. The smallest absolute Gasteiger partial charge is 0.387 e. The van der Waals surface area contributed by atoms with Gasteiger partial charge in [0.2, 0.25) is 0 Å². The van der Waals surface area contributed by atoms with Crippen LogP contribution in [0.1, 0.15) is 20.7 Å². The molecule has 0 fully saturated rings. The topological polar surface area (TPSA) is 107 Å². The van der Waals surface area contributed by atoms with Gasteiger partial charge in [-0.05, 0) is 6.07 Å². The number of carboxylic acid groups (broad SMARTS) is 1. The number of rotatable bonds is 5. The first-order chi connectivity index (χ1) is 8.36. The molecule has 1 aromatic carbocycles. The summed E-state index contributed by atoms with van der Waals surface area (Å²) in [4.78, 5) is 30.9. The summed E-state index contributed by atoms with van der Waals surface area (Å²) in [6.07, 6.45) is -0.0340. The molecule has 0 saturated carbocycles. The van der Waals surface area contributed by atoms with Gasteiger partial charge in [0.25, 0.3) is 5.69 Å². The lowest BCUT2D eigenvalue weighted by atomic mass is 10.1. The molecule has 96 valence electrons. The summed E-state index contributed by atoms with van der Waals surface area (Å²) in [6, 6.07) is 1.17. The summed E-state index contributed by atoms with van der Waals surface area (Å²) in [5, 5.41) is 19.3. The van der Waals surface area contributed by atoms with Crippen molar-refractivity contribution in [2.45, 2.75) is 6.61 Å². The van der Waals surface area contributed by atoms with Crippen molar-refractivity contribution in [1.29, 1.82) is 0 Å². The van der Waals surface area contributed by atoms with Crippen molar-refractivity contribution in [3.63, 3.8) is 0 Å². The Bertz CT molecular complexity index is 481. The Labute approximate surface area is 97.7 Å². The molecule has 9 heteroatoms. The van der Waals surface area contributed by atoms with E-state index in [0.29, 0.717) is 12.1 Å². The fourth-order valence-corrected chi connectivity index (χ4v) is 1.23. The number of nitrogens with zero attached hydrogens (tertiary/aromatic N) is 1. The van der Waals surface area contributed by atoms with Crippen molar-refractivity contribution >= 4 is 17.9 Å². The third kappa shape index (κ3) is 2.75. The average Bonchev–Trinajstić information content (AvgIpc) is 2.26. The molecule has 0 atom stereocenters. The molecular formula is C9H5F2NO6. The Morgan fingerprint density at radius 3 is 2.50 bits per heavy atom. The highest BCUT2D eigenvalue weighted by molar-refractivity contribution is 6.00. The first-order valence-electron chi connectivity index (χ1n) is 4.32. The fraction of sp³-hybridized carbons (Fsp3) is 0.111. The van der Waals surface area contributed by atoms with E-state index in [1.54, 1.807) is 0 Å². The second kappa shape index (κ2) is 5.17. The number of carbonyl (C=O) groups excluding carboxylic acids is 1. The maximum absolute atomic E-state index is 12.0. The molecule has 0 aliphatic rings. The Kier molecular flexibility index (Phi) is 3.87. The average molecular weight is 261 g/mol. The SMILES string of the molecule is O=Cc1c(C(=O)O)cc(OC(F)F)cc1[N+](=O)[O-]. The largest absolute Gasteiger partial charge is 0.478 e. The minimum Gasteiger partial charge on any atom is -0.478 e. The first kappa shape index (κ1) is 13.5. The van der Waals surface area contributed by atoms with Gasteiger partial charge < -0.3 is 9.84 Å². The maximum Gasteiger partial charge on any atom is 0.387 e. The summed E-state index contributed by atoms with van der Waals surface area (Å²) >= 11 is 0. The number of hydrogen-bond acceptors (Lipinski definition) is 5. The van der Waals surface area contributed by atoms with Crippen molar-refractivity contribution in [2.75, 3.05) is 0 Å². The number of halogens is 2. The van der Waals surface area contributed by atoms with Crippen LogP contribution in [0.5, 0.6) is 5.75 Å². The van der Waals surface area contributed by atoms with Gasteiger partial charge in [0.05, 0.1) is 16.6 Å². The zero-order valence-corrected chi connectivity index (χ0v) is 8.50. The summed E-state index contributed by atoms with van der Waals surface area (Å²) in [6.45, 7) is -3.27. The van der Waals surface area contributed by atoms with E-state index in [2.05, 4.69) is 4.74 Å². The lowest BCUT2D eigenvalue weighted by Gasteiger charge is -2.07. The third-order valence-electron chi connectivity index (χ3n) is 1.90.